The quantitative estimate of drug-likeness (QED) is 0.637. The fourth-order valence-electron chi connectivity index (χ4n) is 3.16. The van der Waals surface area contributed by atoms with Crippen LogP contribution in [0.4, 0.5) is 5.82 Å². The van der Waals surface area contributed by atoms with Crippen LogP contribution in [-0.2, 0) is 28.4 Å². The average Bonchev–Trinajstić information content (AvgIpc) is 3.00. The summed E-state index contributed by atoms with van der Waals surface area (Å²) >= 11 is 0. The first-order valence-electron chi connectivity index (χ1n) is 9.10. The van der Waals surface area contributed by atoms with Gasteiger partial charge in [-0.05, 0) is 25.1 Å². The highest BCUT2D eigenvalue weighted by atomic mass is 32.2. The lowest BCUT2D eigenvalue weighted by Gasteiger charge is -2.28. The first kappa shape index (κ1) is 19.6. The molecule has 4 rings (SSSR count). The van der Waals surface area contributed by atoms with Crippen LogP contribution >= 0.6 is 0 Å². The fraction of sp³-hybridized carbons (Fsp3) is 0.389. The Hall–Kier alpha value is -2.76. The van der Waals surface area contributed by atoms with Gasteiger partial charge < -0.3 is 14.1 Å². The number of benzene rings is 1. The zero-order chi connectivity index (χ0) is 20.6. The van der Waals surface area contributed by atoms with Crippen molar-refractivity contribution in [1.82, 2.24) is 19.3 Å². The van der Waals surface area contributed by atoms with E-state index in [1.807, 2.05) is 13.0 Å². The maximum absolute atomic E-state index is 12.7. The molecule has 0 unspecified atom stereocenters. The first-order valence-corrected chi connectivity index (χ1v) is 10.6. The molecule has 2 aromatic heterocycles. The van der Waals surface area contributed by atoms with E-state index in [4.69, 9.17) is 9.15 Å². The number of rotatable bonds is 5. The van der Waals surface area contributed by atoms with Crippen LogP contribution in [-0.4, -0.2) is 49.3 Å². The molecule has 3 heterocycles. The molecule has 1 aromatic carbocycles. The molecule has 0 atom stereocenters. The molecule has 0 bridgehead atoms. The average molecular weight is 419 g/mol. The maximum atomic E-state index is 12.7. The van der Waals surface area contributed by atoms with Gasteiger partial charge in [0.15, 0.2) is 5.58 Å². The van der Waals surface area contributed by atoms with Gasteiger partial charge >= 0.3 is 5.76 Å². The van der Waals surface area contributed by atoms with Gasteiger partial charge in [0.1, 0.15) is 11.6 Å². The number of aryl methyl sites for hydroxylation is 2. The van der Waals surface area contributed by atoms with Crippen molar-refractivity contribution in [3.05, 3.63) is 46.3 Å². The number of ether oxygens (including phenoxy) is 1. The summed E-state index contributed by atoms with van der Waals surface area (Å²) in [5.41, 5.74) is 1.48. The topological polar surface area (TPSA) is 120 Å². The van der Waals surface area contributed by atoms with Gasteiger partial charge in [-0.25, -0.2) is 27.9 Å². The van der Waals surface area contributed by atoms with Crippen LogP contribution in [0.25, 0.3) is 11.1 Å². The van der Waals surface area contributed by atoms with Crippen molar-refractivity contribution in [1.29, 1.82) is 0 Å². The lowest BCUT2D eigenvalue weighted by Crippen LogP contribution is -2.37. The summed E-state index contributed by atoms with van der Waals surface area (Å²) < 4.78 is 39.6. The Labute approximate surface area is 167 Å². The number of sulfonamides is 1. The predicted octanol–water partition coefficient (Wildman–Crippen LogP) is 0.545. The minimum absolute atomic E-state index is 0.0301. The van der Waals surface area contributed by atoms with Gasteiger partial charge in [-0.1, -0.05) is 0 Å². The standard InChI is InChI=1S/C18H21N5O5S/c1-12-9-17(23-5-7-27-8-6-23)21-16(20-12)11-19-29(25,26)13-3-4-15-14(10-13)22(2)18(24)28-15/h3-4,9-10,19H,5-8,11H2,1-2H3. The van der Waals surface area contributed by atoms with E-state index in [9.17, 15) is 13.2 Å². The largest absolute Gasteiger partial charge is 0.419 e. The molecule has 154 valence electrons. The summed E-state index contributed by atoms with van der Waals surface area (Å²) in [6.07, 6.45) is 0. The Morgan fingerprint density at radius 2 is 1.93 bits per heavy atom. The number of nitrogens with zero attached hydrogens (tertiary/aromatic N) is 4. The number of fused-ring (bicyclic) bond motifs is 1. The minimum Gasteiger partial charge on any atom is -0.408 e. The SMILES string of the molecule is Cc1cc(N2CCOCC2)nc(CNS(=O)(=O)c2ccc3oc(=O)n(C)c3c2)n1. The van der Waals surface area contributed by atoms with Crippen LogP contribution in [0.3, 0.4) is 0 Å². The van der Waals surface area contributed by atoms with Crippen molar-refractivity contribution < 1.29 is 17.6 Å². The maximum Gasteiger partial charge on any atom is 0.419 e. The summed E-state index contributed by atoms with van der Waals surface area (Å²) in [4.78, 5) is 22.6. The summed E-state index contributed by atoms with van der Waals surface area (Å²) in [6, 6.07) is 6.13. The van der Waals surface area contributed by atoms with Crippen molar-refractivity contribution in [2.24, 2.45) is 7.05 Å². The highest BCUT2D eigenvalue weighted by molar-refractivity contribution is 7.89. The van der Waals surface area contributed by atoms with Gasteiger partial charge in [0.05, 0.1) is 30.2 Å². The molecule has 11 heteroatoms. The van der Waals surface area contributed by atoms with Crippen LogP contribution in [0.15, 0.2) is 38.4 Å². The summed E-state index contributed by atoms with van der Waals surface area (Å²) in [5, 5.41) is 0. The summed E-state index contributed by atoms with van der Waals surface area (Å²) in [7, 11) is -2.31. The molecule has 1 fully saturated rings. The second-order valence-corrected chi connectivity index (χ2v) is 8.53. The normalized spacial score (nSPS) is 15.2. The van der Waals surface area contributed by atoms with Gasteiger partial charge in [0.25, 0.3) is 0 Å². The lowest BCUT2D eigenvalue weighted by atomic mass is 10.3. The molecule has 1 N–H and O–H groups in total. The van der Waals surface area contributed by atoms with Crippen molar-refractivity contribution in [2.45, 2.75) is 18.4 Å². The Balaban J connectivity index is 1.55. The molecule has 29 heavy (non-hydrogen) atoms. The van der Waals surface area contributed by atoms with Gasteiger partial charge in [-0.3, -0.25) is 4.57 Å². The van der Waals surface area contributed by atoms with E-state index in [1.54, 1.807) is 0 Å². The number of anilines is 1. The molecule has 1 saturated heterocycles. The molecule has 0 amide bonds. The van der Waals surface area contributed by atoms with Crippen LogP contribution in [0, 0.1) is 6.92 Å². The summed E-state index contributed by atoms with van der Waals surface area (Å²) in [5.74, 6) is 0.586. The van der Waals surface area contributed by atoms with Crippen LogP contribution < -0.4 is 15.4 Å². The van der Waals surface area contributed by atoms with Crippen LogP contribution in [0.1, 0.15) is 11.5 Å². The molecule has 0 aliphatic carbocycles. The van der Waals surface area contributed by atoms with E-state index in [0.29, 0.717) is 30.1 Å². The third kappa shape index (κ3) is 4.02. The third-order valence-electron chi connectivity index (χ3n) is 4.72. The molecule has 1 aliphatic heterocycles. The second-order valence-electron chi connectivity index (χ2n) is 6.76. The summed E-state index contributed by atoms with van der Waals surface area (Å²) in [6.45, 7) is 4.50. The predicted molar refractivity (Wildman–Crippen MR) is 105 cm³/mol. The Morgan fingerprint density at radius 3 is 2.69 bits per heavy atom. The van der Waals surface area contributed by atoms with Crippen molar-refractivity contribution >= 4 is 26.9 Å². The molecule has 0 spiro atoms. The highest BCUT2D eigenvalue weighted by Gasteiger charge is 2.19. The second kappa shape index (κ2) is 7.58. The van der Waals surface area contributed by atoms with Crippen LogP contribution in [0.5, 0.6) is 0 Å². The van der Waals surface area contributed by atoms with Gasteiger partial charge in [-0.2, -0.15) is 0 Å². The Bertz CT molecular complexity index is 1210. The number of aromatic nitrogens is 3. The van der Waals surface area contributed by atoms with Crippen molar-refractivity contribution in [3.63, 3.8) is 0 Å². The zero-order valence-corrected chi connectivity index (χ0v) is 16.9. The third-order valence-corrected chi connectivity index (χ3v) is 6.11. The smallest absolute Gasteiger partial charge is 0.408 e. The molecule has 3 aromatic rings. The zero-order valence-electron chi connectivity index (χ0n) is 16.1. The van der Waals surface area contributed by atoms with Gasteiger partial charge in [0, 0.05) is 31.9 Å². The molecule has 0 radical (unpaired) electrons. The fourth-order valence-corrected chi connectivity index (χ4v) is 4.16. The lowest BCUT2D eigenvalue weighted by molar-refractivity contribution is 0.122. The highest BCUT2D eigenvalue weighted by Crippen LogP contribution is 2.19. The van der Waals surface area contributed by atoms with Gasteiger partial charge in [0.2, 0.25) is 10.0 Å². The van der Waals surface area contributed by atoms with E-state index >= 15 is 0 Å². The minimum atomic E-state index is -3.83. The number of hydrogen-bond acceptors (Lipinski definition) is 8. The molecular weight excluding hydrogens is 398 g/mol. The Kier molecular flexibility index (Phi) is 5.11. The number of oxazole rings is 1. The number of morpholine rings is 1. The number of hydrogen-bond donors (Lipinski definition) is 1. The number of nitrogens with one attached hydrogen (secondary N) is 1. The Morgan fingerprint density at radius 1 is 1.17 bits per heavy atom. The molecule has 1 aliphatic rings. The van der Waals surface area contributed by atoms with Crippen molar-refractivity contribution in [2.75, 3.05) is 31.2 Å². The monoisotopic (exact) mass is 419 g/mol. The molecule has 0 saturated carbocycles. The van der Waals surface area contributed by atoms with Crippen LogP contribution in [0.2, 0.25) is 0 Å². The first-order chi connectivity index (χ1) is 13.8. The molecule has 10 nitrogen and oxygen atoms in total. The van der Waals surface area contributed by atoms with Crippen molar-refractivity contribution in [3.8, 4) is 0 Å². The molecular formula is C18H21N5O5S. The van der Waals surface area contributed by atoms with E-state index in [0.717, 1.165) is 24.6 Å². The van der Waals surface area contributed by atoms with E-state index in [-0.39, 0.29) is 11.4 Å². The van der Waals surface area contributed by atoms with E-state index in [2.05, 4.69) is 19.6 Å². The van der Waals surface area contributed by atoms with E-state index < -0.39 is 15.8 Å². The van der Waals surface area contributed by atoms with Gasteiger partial charge in [-0.15, -0.1) is 0 Å². The van der Waals surface area contributed by atoms with E-state index in [1.165, 1.54) is 29.8 Å².